The first kappa shape index (κ1) is 14.2. The lowest BCUT2D eigenvalue weighted by Gasteiger charge is -2.51. The fourth-order valence-electron chi connectivity index (χ4n) is 2.45. The van der Waals surface area contributed by atoms with Crippen molar-refractivity contribution in [1.82, 2.24) is 10.0 Å². The second-order valence-electron chi connectivity index (χ2n) is 6.00. The van der Waals surface area contributed by atoms with Gasteiger partial charge in [0.1, 0.15) is 0 Å². The fourth-order valence-corrected chi connectivity index (χ4v) is 3.78. The van der Waals surface area contributed by atoms with Crippen molar-refractivity contribution in [2.75, 3.05) is 19.4 Å². The summed E-state index contributed by atoms with van der Waals surface area (Å²) in [6.07, 6.45) is 3.27. The summed E-state index contributed by atoms with van der Waals surface area (Å²) in [5.41, 5.74) is -0.119. The quantitative estimate of drug-likeness (QED) is 0.709. The van der Waals surface area contributed by atoms with Gasteiger partial charge < -0.3 is 10.1 Å². The van der Waals surface area contributed by atoms with Gasteiger partial charge in [-0.25, -0.2) is 13.1 Å². The van der Waals surface area contributed by atoms with Crippen LogP contribution in [0.15, 0.2) is 0 Å². The van der Waals surface area contributed by atoms with Crippen molar-refractivity contribution in [3.8, 4) is 0 Å². The van der Waals surface area contributed by atoms with E-state index in [9.17, 15) is 8.42 Å². The minimum absolute atomic E-state index is 0.00613. The van der Waals surface area contributed by atoms with Crippen molar-refractivity contribution in [2.45, 2.75) is 51.3 Å². The van der Waals surface area contributed by atoms with Crippen molar-refractivity contribution in [2.24, 2.45) is 5.41 Å². The first-order valence-electron chi connectivity index (χ1n) is 6.61. The molecule has 0 spiro atoms. The molecule has 18 heavy (non-hydrogen) atoms. The van der Waals surface area contributed by atoms with Crippen LogP contribution in [-0.2, 0) is 14.8 Å². The van der Waals surface area contributed by atoms with Crippen molar-refractivity contribution in [3.05, 3.63) is 0 Å². The summed E-state index contributed by atoms with van der Waals surface area (Å²) in [5, 5.41) is 3.22. The molecule has 0 aromatic heterocycles. The summed E-state index contributed by atoms with van der Waals surface area (Å²) in [6.45, 7) is 4.63. The van der Waals surface area contributed by atoms with E-state index in [2.05, 4.69) is 10.0 Å². The molecular formula is C12H24N2O3S. The van der Waals surface area contributed by atoms with E-state index in [0.29, 0.717) is 12.6 Å². The molecule has 0 aliphatic heterocycles. The van der Waals surface area contributed by atoms with E-state index in [0.717, 1.165) is 6.42 Å². The third-order valence-electron chi connectivity index (χ3n) is 4.17. The Morgan fingerprint density at radius 3 is 2.50 bits per heavy atom. The molecule has 2 atom stereocenters. The van der Waals surface area contributed by atoms with Crippen LogP contribution < -0.4 is 10.0 Å². The first-order valence-corrected chi connectivity index (χ1v) is 8.26. The maximum absolute atomic E-state index is 11.9. The Bertz CT molecular complexity index is 390. The number of hydrogen-bond acceptors (Lipinski definition) is 4. The molecule has 2 aliphatic rings. The maximum atomic E-state index is 11.9. The molecule has 5 nitrogen and oxygen atoms in total. The van der Waals surface area contributed by atoms with Gasteiger partial charge in [0.2, 0.25) is 10.0 Å². The van der Waals surface area contributed by atoms with Crippen LogP contribution in [0.4, 0.5) is 0 Å². The Balaban J connectivity index is 1.77. The molecule has 0 saturated heterocycles. The topological polar surface area (TPSA) is 67.4 Å². The first-order chi connectivity index (χ1) is 8.35. The average Bonchev–Trinajstić information content (AvgIpc) is 3.07. The number of sulfonamides is 1. The van der Waals surface area contributed by atoms with Gasteiger partial charge in [0.05, 0.1) is 11.9 Å². The van der Waals surface area contributed by atoms with E-state index in [4.69, 9.17) is 4.74 Å². The average molecular weight is 276 g/mol. The number of hydrogen-bond donors (Lipinski definition) is 2. The Morgan fingerprint density at radius 1 is 1.33 bits per heavy atom. The van der Waals surface area contributed by atoms with E-state index in [1.165, 1.54) is 12.8 Å². The molecule has 0 bridgehead atoms. The Kier molecular flexibility index (Phi) is 4.02. The van der Waals surface area contributed by atoms with Gasteiger partial charge in [0.25, 0.3) is 0 Å². The van der Waals surface area contributed by atoms with E-state index < -0.39 is 10.0 Å². The molecule has 6 heteroatoms. The molecule has 0 aromatic rings. The molecule has 2 fully saturated rings. The van der Waals surface area contributed by atoms with Crippen LogP contribution >= 0.6 is 0 Å². The normalized spacial score (nSPS) is 31.1. The lowest BCUT2D eigenvalue weighted by atomic mass is 9.65. The van der Waals surface area contributed by atoms with Gasteiger partial charge in [-0.05, 0) is 19.3 Å². The zero-order valence-corrected chi connectivity index (χ0v) is 12.2. The van der Waals surface area contributed by atoms with E-state index in [1.807, 2.05) is 13.8 Å². The molecule has 0 heterocycles. The molecule has 0 amide bonds. The smallest absolute Gasteiger partial charge is 0.213 e. The molecule has 0 aromatic carbocycles. The van der Waals surface area contributed by atoms with Crippen LogP contribution in [0.25, 0.3) is 0 Å². The number of rotatable bonds is 7. The van der Waals surface area contributed by atoms with Crippen LogP contribution in [0, 0.1) is 5.41 Å². The van der Waals surface area contributed by atoms with E-state index >= 15 is 0 Å². The lowest BCUT2D eigenvalue weighted by molar-refractivity contribution is -0.0908. The third kappa shape index (κ3) is 3.23. The minimum atomic E-state index is -3.18. The minimum Gasteiger partial charge on any atom is -0.381 e. The van der Waals surface area contributed by atoms with Gasteiger partial charge >= 0.3 is 0 Å². The van der Waals surface area contributed by atoms with Gasteiger partial charge in [-0.2, -0.15) is 0 Å². The highest BCUT2D eigenvalue weighted by Gasteiger charge is 2.49. The maximum Gasteiger partial charge on any atom is 0.213 e. The largest absolute Gasteiger partial charge is 0.381 e. The van der Waals surface area contributed by atoms with Crippen LogP contribution in [0.1, 0.15) is 33.1 Å². The van der Waals surface area contributed by atoms with Gasteiger partial charge in [-0.3, -0.25) is 0 Å². The second-order valence-corrected chi connectivity index (χ2v) is 7.87. The van der Waals surface area contributed by atoms with Gasteiger partial charge in [0.15, 0.2) is 0 Å². The van der Waals surface area contributed by atoms with Crippen molar-refractivity contribution in [3.63, 3.8) is 0 Å². The van der Waals surface area contributed by atoms with Crippen LogP contribution in [0.2, 0.25) is 0 Å². The highest BCUT2D eigenvalue weighted by molar-refractivity contribution is 7.89. The third-order valence-corrected chi connectivity index (χ3v) is 5.55. The number of methoxy groups -OCH3 is 1. The van der Waals surface area contributed by atoms with Gasteiger partial charge in [-0.1, -0.05) is 13.8 Å². The SMILES string of the molecule is COC1CC(NS(=O)(=O)CCNC2CC2)C1(C)C. The van der Waals surface area contributed by atoms with Crippen molar-refractivity contribution < 1.29 is 13.2 Å². The zero-order chi connectivity index (χ0) is 13.4. The predicted molar refractivity (Wildman–Crippen MR) is 70.9 cm³/mol. The summed E-state index contributed by atoms with van der Waals surface area (Å²) < 4.78 is 32.0. The molecule has 2 unspecified atom stereocenters. The summed E-state index contributed by atoms with van der Waals surface area (Å²) in [5.74, 6) is 0.160. The molecule has 2 rings (SSSR count). The summed E-state index contributed by atoms with van der Waals surface area (Å²) in [4.78, 5) is 0. The standard InChI is InChI=1S/C12H24N2O3S/c1-12(2)10(8-11(12)17-3)14-18(15,16)7-6-13-9-4-5-9/h9-11,13-14H,4-8H2,1-3H3. The Labute approximate surface area is 110 Å². The second kappa shape index (κ2) is 5.07. The molecule has 106 valence electrons. The molecule has 2 aliphatic carbocycles. The summed E-state index contributed by atoms with van der Waals surface area (Å²) >= 11 is 0. The Morgan fingerprint density at radius 2 is 2.00 bits per heavy atom. The summed E-state index contributed by atoms with van der Waals surface area (Å²) in [6, 6.07) is 0.548. The van der Waals surface area contributed by atoms with Crippen LogP contribution in [0.5, 0.6) is 0 Å². The molecule has 2 N–H and O–H groups in total. The van der Waals surface area contributed by atoms with Gasteiger partial charge in [0, 0.05) is 31.2 Å². The number of nitrogens with one attached hydrogen (secondary N) is 2. The Hall–Kier alpha value is -0.170. The molecule has 2 saturated carbocycles. The van der Waals surface area contributed by atoms with Crippen molar-refractivity contribution >= 4 is 10.0 Å². The van der Waals surface area contributed by atoms with Crippen LogP contribution in [0.3, 0.4) is 0 Å². The van der Waals surface area contributed by atoms with Crippen LogP contribution in [-0.4, -0.2) is 46.0 Å². The zero-order valence-electron chi connectivity index (χ0n) is 11.4. The highest BCUT2D eigenvalue weighted by atomic mass is 32.2. The highest BCUT2D eigenvalue weighted by Crippen LogP contribution is 2.42. The van der Waals surface area contributed by atoms with Gasteiger partial charge in [-0.15, -0.1) is 0 Å². The molecule has 0 radical (unpaired) electrons. The predicted octanol–water partition coefficient (Wildman–Crippen LogP) is 0.471. The summed E-state index contributed by atoms with van der Waals surface area (Å²) in [7, 11) is -1.50. The molecular weight excluding hydrogens is 252 g/mol. The number of ether oxygens (including phenoxy) is 1. The monoisotopic (exact) mass is 276 g/mol. The van der Waals surface area contributed by atoms with E-state index in [-0.39, 0.29) is 23.3 Å². The fraction of sp³-hybridized carbons (Fsp3) is 1.00. The lowest BCUT2D eigenvalue weighted by Crippen LogP contribution is -2.62. The van der Waals surface area contributed by atoms with E-state index in [1.54, 1.807) is 7.11 Å². The van der Waals surface area contributed by atoms with Crippen molar-refractivity contribution in [1.29, 1.82) is 0 Å².